The fraction of sp³-hybridized carbons (Fsp3) is 0.308. The van der Waals surface area contributed by atoms with Crippen LogP contribution >= 0.6 is 22.6 Å². The number of hydrogen-bond donors (Lipinski definition) is 1. The molecule has 0 radical (unpaired) electrons. The Balaban J connectivity index is 2.26. The Bertz CT molecular complexity index is 601. The van der Waals surface area contributed by atoms with E-state index in [-0.39, 0.29) is 11.4 Å². The molecule has 0 bridgehead atoms. The second-order valence-corrected chi connectivity index (χ2v) is 6.26. The van der Waals surface area contributed by atoms with Gasteiger partial charge in [-0.3, -0.25) is 10.1 Å². The minimum absolute atomic E-state index is 0.177. The van der Waals surface area contributed by atoms with Crippen LogP contribution in [0.1, 0.15) is 31.1 Å². The Kier molecular flexibility index (Phi) is 3.88. The van der Waals surface area contributed by atoms with Gasteiger partial charge in [0.15, 0.2) is 0 Å². The van der Waals surface area contributed by atoms with E-state index >= 15 is 0 Å². The fourth-order valence-corrected chi connectivity index (χ4v) is 2.26. The lowest BCUT2D eigenvalue weighted by Gasteiger charge is -2.21. The van der Waals surface area contributed by atoms with Gasteiger partial charge >= 0.3 is 0 Å². The Hall–Kier alpha value is -1.44. The van der Waals surface area contributed by atoms with E-state index in [1.807, 2.05) is 39.0 Å². The van der Waals surface area contributed by atoms with Gasteiger partial charge < -0.3 is 0 Å². The van der Waals surface area contributed by atoms with Crippen molar-refractivity contribution in [2.75, 3.05) is 5.32 Å². The van der Waals surface area contributed by atoms with Crippen molar-refractivity contribution in [3.63, 3.8) is 0 Å². The molecule has 2 rings (SSSR count). The maximum atomic E-state index is 12.2. The number of anilines is 1. The molecule has 19 heavy (non-hydrogen) atoms. The SMILES string of the molecule is CC(C)(C)n1ncnc1NC(=O)c1ccccc1I. The van der Waals surface area contributed by atoms with Crippen LogP contribution in [0.25, 0.3) is 0 Å². The van der Waals surface area contributed by atoms with Crippen molar-refractivity contribution in [3.05, 3.63) is 39.7 Å². The summed E-state index contributed by atoms with van der Waals surface area (Å²) < 4.78 is 2.60. The van der Waals surface area contributed by atoms with E-state index in [0.717, 1.165) is 3.57 Å². The lowest BCUT2D eigenvalue weighted by Crippen LogP contribution is -2.27. The van der Waals surface area contributed by atoms with E-state index < -0.39 is 0 Å². The Morgan fingerprint density at radius 2 is 2.00 bits per heavy atom. The number of nitrogens with zero attached hydrogens (tertiary/aromatic N) is 3. The summed E-state index contributed by atoms with van der Waals surface area (Å²) in [6, 6.07) is 7.42. The van der Waals surface area contributed by atoms with E-state index in [9.17, 15) is 4.79 Å². The predicted molar refractivity (Wildman–Crippen MR) is 82.1 cm³/mol. The maximum Gasteiger partial charge on any atom is 0.259 e. The van der Waals surface area contributed by atoms with Gasteiger partial charge in [-0.15, -0.1) is 0 Å². The van der Waals surface area contributed by atoms with E-state index in [1.54, 1.807) is 10.7 Å². The van der Waals surface area contributed by atoms with Gasteiger partial charge in [-0.05, 0) is 55.5 Å². The van der Waals surface area contributed by atoms with E-state index in [4.69, 9.17) is 0 Å². The van der Waals surface area contributed by atoms with Gasteiger partial charge in [0.25, 0.3) is 5.91 Å². The summed E-state index contributed by atoms with van der Waals surface area (Å²) in [5.74, 6) is 0.278. The van der Waals surface area contributed by atoms with Crippen molar-refractivity contribution < 1.29 is 4.79 Å². The van der Waals surface area contributed by atoms with Crippen molar-refractivity contribution in [1.82, 2.24) is 14.8 Å². The van der Waals surface area contributed by atoms with E-state index in [1.165, 1.54) is 6.33 Å². The van der Waals surface area contributed by atoms with Crippen molar-refractivity contribution in [3.8, 4) is 0 Å². The van der Waals surface area contributed by atoms with Crippen molar-refractivity contribution in [2.24, 2.45) is 0 Å². The van der Waals surface area contributed by atoms with Crippen LogP contribution in [0.5, 0.6) is 0 Å². The molecule has 0 aliphatic rings. The third-order valence-corrected chi connectivity index (χ3v) is 3.47. The third kappa shape index (κ3) is 3.12. The molecule has 1 aromatic heterocycles. The first-order chi connectivity index (χ1) is 8.89. The molecule has 5 nitrogen and oxygen atoms in total. The van der Waals surface area contributed by atoms with E-state index in [0.29, 0.717) is 11.5 Å². The predicted octanol–water partition coefficient (Wildman–Crippen LogP) is 2.89. The quantitative estimate of drug-likeness (QED) is 0.828. The molecule has 1 amide bonds. The van der Waals surface area contributed by atoms with E-state index in [2.05, 4.69) is 38.0 Å². The molecule has 0 aliphatic carbocycles. The summed E-state index contributed by atoms with van der Waals surface area (Å²) in [5, 5.41) is 6.95. The summed E-state index contributed by atoms with van der Waals surface area (Å²) >= 11 is 2.14. The Morgan fingerprint density at radius 3 is 2.63 bits per heavy atom. The molecule has 1 N–H and O–H groups in total. The number of aromatic nitrogens is 3. The molecule has 0 saturated carbocycles. The maximum absolute atomic E-state index is 12.2. The highest BCUT2D eigenvalue weighted by atomic mass is 127. The average molecular weight is 370 g/mol. The first kappa shape index (κ1) is 14.0. The zero-order valence-electron chi connectivity index (χ0n) is 11.0. The first-order valence-corrected chi connectivity index (χ1v) is 6.94. The molecular formula is C13H15IN4O. The van der Waals surface area contributed by atoms with Crippen molar-refractivity contribution in [1.29, 1.82) is 0 Å². The zero-order chi connectivity index (χ0) is 14.0. The normalized spacial score (nSPS) is 11.4. The van der Waals surface area contributed by atoms with Crippen molar-refractivity contribution >= 4 is 34.4 Å². The molecule has 2 aromatic rings. The van der Waals surface area contributed by atoms with Crippen LogP contribution in [0.4, 0.5) is 5.95 Å². The monoisotopic (exact) mass is 370 g/mol. The molecule has 0 saturated heterocycles. The number of benzene rings is 1. The number of nitrogens with one attached hydrogen (secondary N) is 1. The second-order valence-electron chi connectivity index (χ2n) is 5.10. The molecule has 100 valence electrons. The Labute approximate surface area is 125 Å². The smallest absolute Gasteiger partial charge is 0.259 e. The van der Waals surface area contributed by atoms with Gasteiger partial charge in [-0.1, -0.05) is 12.1 Å². The zero-order valence-corrected chi connectivity index (χ0v) is 13.2. The average Bonchev–Trinajstić information content (AvgIpc) is 2.77. The molecular weight excluding hydrogens is 355 g/mol. The van der Waals surface area contributed by atoms with Gasteiger partial charge in [0.1, 0.15) is 6.33 Å². The minimum atomic E-state index is -0.233. The fourth-order valence-electron chi connectivity index (χ4n) is 1.63. The summed E-state index contributed by atoms with van der Waals surface area (Å²) in [7, 11) is 0. The van der Waals surface area contributed by atoms with Crippen LogP contribution in [0.3, 0.4) is 0 Å². The number of carbonyl (C=O) groups is 1. The number of halogens is 1. The van der Waals surface area contributed by atoms with Crippen LogP contribution in [-0.4, -0.2) is 20.7 Å². The van der Waals surface area contributed by atoms with Crippen LogP contribution in [-0.2, 0) is 5.54 Å². The molecule has 0 fully saturated rings. The second kappa shape index (κ2) is 5.28. The topological polar surface area (TPSA) is 59.8 Å². The number of hydrogen-bond acceptors (Lipinski definition) is 3. The molecule has 0 atom stereocenters. The highest BCUT2D eigenvalue weighted by molar-refractivity contribution is 14.1. The largest absolute Gasteiger partial charge is 0.291 e. The van der Waals surface area contributed by atoms with Gasteiger partial charge in [0.2, 0.25) is 5.95 Å². The summed E-state index contributed by atoms with van der Waals surface area (Å²) in [6.45, 7) is 6.01. The van der Waals surface area contributed by atoms with Crippen LogP contribution in [0.15, 0.2) is 30.6 Å². The van der Waals surface area contributed by atoms with Gasteiger partial charge in [0, 0.05) is 3.57 Å². The molecule has 0 spiro atoms. The number of rotatable bonds is 2. The summed E-state index contributed by atoms with van der Waals surface area (Å²) in [6.07, 6.45) is 1.44. The molecule has 1 aromatic carbocycles. The Morgan fingerprint density at radius 1 is 1.32 bits per heavy atom. The highest BCUT2D eigenvalue weighted by Crippen LogP contribution is 2.18. The van der Waals surface area contributed by atoms with Crippen LogP contribution in [0.2, 0.25) is 0 Å². The van der Waals surface area contributed by atoms with Crippen LogP contribution < -0.4 is 5.32 Å². The van der Waals surface area contributed by atoms with Gasteiger partial charge in [-0.2, -0.15) is 10.1 Å². The van der Waals surface area contributed by atoms with Crippen LogP contribution in [0, 0.1) is 3.57 Å². The summed E-state index contributed by atoms with van der Waals surface area (Å²) in [4.78, 5) is 16.3. The first-order valence-electron chi connectivity index (χ1n) is 5.86. The highest BCUT2D eigenvalue weighted by Gasteiger charge is 2.20. The lowest BCUT2D eigenvalue weighted by molar-refractivity contribution is 0.102. The molecule has 0 unspecified atom stereocenters. The summed E-state index contributed by atoms with van der Waals surface area (Å²) in [5.41, 5.74) is 0.398. The van der Waals surface area contributed by atoms with Gasteiger partial charge in [-0.25, -0.2) is 4.68 Å². The standard InChI is InChI=1S/C13H15IN4O/c1-13(2,3)18-12(15-8-16-18)17-11(19)9-6-4-5-7-10(9)14/h4-8H,1-3H3,(H,15,16,17,19). The molecule has 0 aliphatic heterocycles. The lowest BCUT2D eigenvalue weighted by atomic mass is 10.1. The third-order valence-electron chi connectivity index (χ3n) is 2.53. The number of carbonyl (C=O) groups excluding carboxylic acids is 1. The van der Waals surface area contributed by atoms with Gasteiger partial charge in [0.05, 0.1) is 11.1 Å². The molecule has 1 heterocycles. The van der Waals surface area contributed by atoms with Crippen molar-refractivity contribution in [2.45, 2.75) is 26.3 Å². The number of amides is 1. The minimum Gasteiger partial charge on any atom is -0.291 e. The molecule has 6 heteroatoms.